The van der Waals surface area contributed by atoms with Crippen LogP contribution in [0, 0.1) is 6.92 Å². The Bertz CT molecular complexity index is 753. The number of hydrogen-bond donors (Lipinski definition) is 2. The highest BCUT2D eigenvalue weighted by Crippen LogP contribution is 2.14. The lowest BCUT2D eigenvalue weighted by molar-refractivity contribution is 0.102. The van der Waals surface area contributed by atoms with Gasteiger partial charge in [-0.15, -0.1) is 0 Å². The van der Waals surface area contributed by atoms with Gasteiger partial charge in [-0.05, 0) is 36.2 Å². The summed E-state index contributed by atoms with van der Waals surface area (Å²) in [5, 5.41) is 7.75. The number of carbonyl (C=O) groups excluding carboxylic acids is 1. The summed E-state index contributed by atoms with van der Waals surface area (Å²) in [7, 11) is -3.55. The van der Waals surface area contributed by atoms with Crippen molar-refractivity contribution in [2.75, 3.05) is 5.32 Å². The maximum Gasteiger partial charge on any atom is 0.255 e. The van der Waals surface area contributed by atoms with Gasteiger partial charge in [-0.3, -0.25) is 4.79 Å². The fourth-order valence-corrected chi connectivity index (χ4v) is 2.60. The molecule has 0 bridgehead atoms. The van der Waals surface area contributed by atoms with Gasteiger partial charge in [0.05, 0.1) is 5.75 Å². The van der Waals surface area contributed by atoms with Crippen molar-refractivity contribution in [3.05, 3.63) is 65.2 Å². The minimum absolute atomic E-state index is 0.202. The zero-order valence-corrected chi connectivity index (χ0v) is 12.4. The molecule has 1 amide bonds. The SMILES string of the molecule is Cc1ccccc1C(=O)Nc1ccc(CS(N)(=O)=O)cc1. The predicted molar refractivity (Wildman–Crippen MR) is 82.4 cm³/mol. The summed E-state index contributed by atoms with van der Waals surface area (Å²) in [5.41, 5.74) is 2.67. The summed E-state index contributed by atoms with van der Waals surface area (Å²) in [6.45, 7) is 1.87. The molecule has 2 rings (SSSR count). The third-order valence-corrected chi connectivity index (χ3v) is 3.71. The Kier molecular flexibility index (Phi) is 4.40. The lowest BCUT2D eigenvalue weighted by Gasteiger charge is -2.08. The molecule has 0 saturated carbocycles. The predicted octanol–water partition coefficient (Wildman–Crippen LogP) is 2.04. The molecule has 110 valence electrons. The molecule has 21 heavy (non-hydrogen) atoms. The quantitative estimate of drug-likeness (QED) is 0.905. The van der Waals surface area contributed by atoms with E-state index in [1.807, 2.05) is 19.1 Å². The first kappa shape index (κ1) is 15.2. The van der Waals surface area contributed by atoms with Gasteiger partial charge < -0.3 is 5.32 Å². The maximum absolute atomic E-state index is 12.1. The number of amides is 1. The lowest BCUT2D eigenvalue weighted by atomic mass is 10.1. The molecule has 0 aliphatic carbocycles. The standard InChI is InChI=1S/C15H16N2O3S/c1-11-4-2-3-5-14(11)15(18)17-13-8-6-12(7-9-13)10-21(16,19)20/h2-9H,10H2,1H3,(H,17,18)(H2,16,19,20). The van der Waals surface area contributed by atoms with E-state index in [1.165, 1.54) is 0 Å². The highest BCUT2D eigenvalue weighted by molar-refractivity contribution is 7.88. The summed E-state index contributed by atoms with van der Waals surface area (Å²) in [4.78, 5) is 12.1. The van der Waals surface area contributed by atoms with Gasteiger partial charge in [0.15, 0.2) is 0 Å². The normalized spacial score (nSPS) is 11.1. The van der Waals surface area contributed by atoms with Crippen molar-refractivity contribution in [2.24, 2.45) is 5.14 Å². The highest BCUT2D eigenvalue weighted by Gasteiger charge is 2.09. The number of rotatable bonds is 4. The minimum atomic E-state index is -3.55. The van der Waals surface area contributed by atoms with Crippen molar-refractivity contribution >= 4 is 21.6 Å². The van der Waals surface area contributed by atoms with E-state index in [9.17, 15) is 13.2 Å². The molecule has 0 aromatic heterocycles. The first-order valence-electron chi connectivity index (χ1n) is 6.31. The Morgan fingerprint density at radius 3 is 2.29 bits per heavy atom. The number of nitrogens with two attached hydrogens (primary N) is 1. The molecular weight excluding hydrogens is 288 g/mol. The molecule has 0 aliphatic rings. The van der Waals surface area contributed by atoms with Crippen LogP contribution in [-0.2, 0) is 15.8 Å². The van der Waals surface area contributed by atoms with Gasteiger partial charge in [-0.25, -0.2) is 13.6 Å². The molecule has 0 spiro atoms. The fraction of sp³-hybridized carbons (Fsp3) is 0.133. The molecule has 2 aromatic carbocycles. The summed E-state index contributed by atoms with van der Waals surface area (Å²) in [6, 6.07) is 13.8. The molecule has 0 unspecified atom stereocenters. The van der Waals surface area contributed by atoms with Crippen LogP contribution in [0.15, 0.2) is 48.5 Å². The number of aryl methyl sites for hydroxylation is 1. The van der Waals surface area contributed by atoms with E-state index in [2.05, 4.69) is 5.32 Å². The number of hydrogen-bond acceptors (Lipinski definition) is 3. The first-order valence-corrected chi connectivity index (χ1v) is 8.03. The van der Waals surface area contributed by atoms with Crippen molar-refractivity contribution in [3.8, 4) is 0 Å². The number of benzene rings is 2. The Labute approximate surface area is 123 Å². The van der Waals surface area contributed by atoms with Crippen LogP contribution in [-0.4, -0.2) is 14.3 Å². The molecule has 0 heterocycles. The molecule has 5 nitrogen and oxygen atoms in total. The van der Waals surface area contributed by atoms with Crippen LogP contribution < -0.4 is 10.5 Å². The average Bonchev–Trinajstić information content (AvgIpc) is 2.40. The first-order chi connectivity index (χ1) is 9.85. The largest absolute Gasteiger partial charge is 0.322 e. The minimum Gasteiger partial charge on any atom is -0.322 e. The number of anilines is 1. The van der Waals surface area contributed by atoms with Gasteiger partial charge in [0.25, 0.3) is 5.91 Å². The van der Waals surface area contributed by atoms with Crippen molar-refractivity contribution < 1.29 is 13.2 Å². The lowest BCUT2D eigenvalue weighted by Crippen LogP contribution is -2.15. The summed E-state index contributed by atoms with van der Waals surface area (Å²) >= 11 is 0. The molecule has 0 fully saturated rings. The van der Waals surface area contributed by atoms with E-state index < -0.39 is 10.0 Å². The van der Waals surface area contributed by atoms with E-state index in [1.54, 1.807) is 36.4 Å². The van der Waals surface area contributed by atoms with Crippen LogP contribution in [0.2, 0.25) is 0 Å². The topological polar surface area (TPSA) is 89.3 Å². The maximum atomic E-state index is 12.1. The van der Waals surface area contributed by atoms with Gasteiger partial charge in [0.2, 0.25) is 10.0 Å². The zero-order chi connectivity index (χ0) is 15.5. The summed E-state index contributed by atoms with van der Waals surface area (Å²) in [6.07, 6.45) is 0. The van der Waals surface area contributed by atoms with Crippen molar-refractivity contribution in [3.63, 3.8) is 0 Å². The molecule has 2 aromatic rings. The highest BCUT2D eigenvalue weighted by atomic mass is 32.2. The van der Waals surface area contributed by atoms with Crippen LogP contribution in [0.25, 0.3) is 0 Å². The van der Waals surface area contributed by atoms with Crippen LogP contribution >= 0.6 is 0 Å². The van der Waals surface area contributed by atoms with Gasteiger partial charge in [-0.2, -0.15) is 0 Å². The summed E-state index contributed by atoms with van der Waals surface area (Å²) in [5.74, 6) is -0.425. The van der Waals surface area contributed by atoms with E-state index in [0.29, 0.717) is 16.8 Å². The monoisotopic (exact) mass is 304 g/mol. The molecule has 0 aliphatic heterocycles. The van der Waals surface area contributed by atoms with Crippen LogP contribution in [0.1, 0.15) is 21.5 Å². The molecular formula is C15H16N2O3S. The number of primary sulfonamides is 1. The van der Waals surface area contributed by atoms with E-state index in [4.69, 9.17) is 5.14 Å². The van der Waals surface area contributed by atoms with E-state index >= 15 is 0 Å². The second-order valence-electron chi connectivity index (χ2n) is 4.77. The molecule has 0 saturated heterocycles. The Morgan fingerprint density at radius 1 is 1.10 bits per heavy atom. The average molecular weight is 304 g/mol. The fourth-order valence-electron chi connectivity index (χ4n) is 1.94. The van der Waals surface area contributed by atoms with Crippen LogP contribution in [0.4, 0.5) is 5.69 Å². The second-order valence-corrected chi connectivity index (χ2v) is 6.39. The van der Waals surface area contributed by atoms with Gasteiger partial charge >= 0.3 is 0 Å². The smallest absolute Gasteiger partial charge is 0.255 e. The number of nitrogens with one attached hydrogen (secondary N) is 1. The molecule has 6 heteroatoms. The second kappa shape index (κ2) is 6.07. The van der Waals surface area contributed by atoms with E-state index in [0.717, 1.165) is 5.56 Å². The third kappa shape index (κ3) is 4.40. The third-order valence-electron chi connectivity index (χ3n) is 2.97. The van der Waals surface area contributed by atoms with Crippen LogP contribution in [0.3, 0.4) is 0 Å². The van der Waals surface area contributed by atoms with Gasteiger partial charge in [-0.1, -0.05) is 30.3 Å². The molecule has 0 atom stereocenters. The van der Waals surface area contributed by atoms with Crippen molar-refractivity contribution in [2.45, 2.75) is 12.7 Å². The Balaban J connectivity index is 2.10. The van der Waals surface area contributed by atoms with Crippen molar-refractivity contribution in [1.29, 1.82) is 0 Å². The zero-order valence-electron chi connectivity index (χ0n) is 11.5. The Hall–Kier alpha value is -2.18. The molecule has 0 radical (unpaired) electrons. The van der Waals surface area contributed by atoms with E-state index in [-0.39, 0.29) is 11.7 Å². The Morgan fingerprint density at radius 2 is 1.71 bits per heavy atom. The van der Waals surface area contributed by atoms with Gasteiger partial charge in [0.1, 0.15) is 0 Å². The number of sulfonamides is 1. The number of carbonyl (C=O) groups is 1. The van der Waals surface area contributed by atoms with Crippen LogP contribution in [0.5, 0.6) is 0 Å². The summed E-state index contributed by atoms with van der Waals surface area (Å²) < 4.78 is 22.0. The molecule has 3 N–H and O–H groups in total. The van der Waals surface area contributed by atoms with Crippen molar-refractivity contribution in [1.82, 2.24) is 0 Å². The van der Waals surface area contributed by atoms with Gasteiger partial charge in [0, 0.05) is 11.3 Å².